The molecule has 3 heterocycles. The van der Waals surface area contributed by atoms with Gasteiger partial charge >= 0.3 is 0 Å². The van der Waals surface area contributed by atoms with Crippen LogP contribution < -0.4 is 10.1 Å². The largest absolute Gasteiger partial charge is 0.462 e. The first-order valence-corrected chi connectivity index (χ1v) is 9.95. The molecule has 4 rings (SSSR count). The molecule has 2 aromatic heterocycles. The van der Waals surface area contributed by atoms with Crippen molar-refractivity contribution in [1.29, 1.82) is 0 Å². The van der Waals surface area contributed by atoms with Crippen molar-refractivity contribution in [3.8, 4) is 16.9 Å². The summed E-state index contributed by atoms with van der Waals surface area (Å²) >= 11 is 0. The van der Waals surface area contributed by atoms with E-state index in [-0.39, 0.29) is 18.1 Å². The molecule has 1 N–H and O–H groups in total. The van der Waals surface area contributed by atoms with Crippen molar-refractivity contribution in [2.75, 3.05) is 0 Å². The topological polar surface area (TPSA) is 86.2 Å². The summed E-state index contributed by atoms with van der Waals surface area (Å²) in [6.07, 6.45) is 6.73. The molecule has 1 aromatic carbocycles. The standard InChI is InChI=1S/C23H24N4O3/c1-14(2)29-23-20(27-22(28)16-7-9-24-10-8-16)11-19-18(5-4-6-21(19)30-23)17-12-25-15(3)26-13-17/h4-10,12-14,20,23H,11H2,1-3H3,(H,27,28)/t20-,23?/m0/s1. The van der Waals surface area contributed by atoms with Gasteiger partial charge in [0.1, 0.15) is 11.6 Å². The Morgan fingerprint density at radius 2 is 1.90 bits per heavy atom. The van der Waals surface area contributed by atoms with Crippen molar-refractivity contribution >= 4 is 5.91 Å². The Morgan fingerprint density at radius 3 is 2.60 bits per heavy atom. The normalized spacial score (nSPS) is 17.9. The number of benzene rings is 1. The summed E-state index contributed by atoms with van der Waals surface area (Å²) in [7, 11) is 0. The van der Waals surface area contributed by atoms with Gasteiger partial charge in [-0.3, -0.25) is 9.78 Å². The molecule has 1 aliphatic rings. The minimum Gasteiger partial charge on any atom is -0.462 e. The number of pyridine rings is 1. The summed E-state index contributed by atoms with van der Waals surface area (Å²) in [5.74, 6) is 1.27. The Labute approximate surface area is 175 Å². The highest BCUT2D eigenvalue weighted by atomic mass is 16.7. The van der Waals surface area contributed by atoms with Crippen LogP contribution in [0.4, 0.5) is 0 Å². The van der Waals surface area contributed by atoms with Crippen molar-refractivity contribution in [3.63, 3.8) is 0 Å². The predicted octanol–water partition coefficient (Wildman–Crippen LogP) is 3.33. The Kier molecular flexibility index (Phi) is 5.72. The summed E-state index contributed by atoms with van der Waals surface area (Å²) < 4.78 is 12.2. The second-order valence-corrected chi connectivity index (χ2v) is 7.49. The number of amides is 1. The second kappa shape index (κ2) is 8.59. The van der Waals surface area contributed by atoms with Crippen LogP contribution in [0.15, 0.2) is 55.1 Å². The minimum absolute atomic E-state index is 0.0504. The zero-order valence-electron chi connectivity index (χ0n) is 17.2. The van der Waals surface area contributed by atoms with Gasteiger partial charge in [-0.15, -0.1) is 0 Å². The fraction of sp³-hybridized carbons (Fsp3) is 0.304. The Hall–Kier alpha value is -3.32. The van der Waals surface area contributed by atoms with Gasteiger partial charge in [0.15, 0.2) is 0 Å². The van der Waals surface area contributed by atoms with Gasteiger partial charge in [-0.1, -0.05) is 12.1 Å². The molecule has 1 aliphatic heterocycles. The van der Waals surface area contributed by atoms with Gasteiger partial charge in [0.25, 0.3) is 5.91 Å². The molecule has 7 nitrogen and oxygen atoms in total. The smallest absolute Gasteiger partial charge is 0.251 e. The van der Waals surface area contributed by atoms with Crippen molar-refractivity contribution in [3.05, 3.63) is 72.1 Å². The SMILES string of the molecule is Cc1ncc(-c2cccc3c2C[C@H](NC(=O)c2ccncc2)C(OC(C)C)O3)cn1. The van der Waals surface area contributed by atoms with E-state index in [2.05, 4.69) is 20.3 Å². The lowest BCUT2D eigenvalue weighted by Gasteiger charge is -2.35. The maximum Gasteiger partial charge on any atom is 0.251 e. The number of nitrogens with one attached hydrogen (secondary N) is 1. The van der Waals surface area contributed by atoms with Crippen molar-refractivity contribution in [1.82, 2.24) is 20.3 Å². The first-order chi connectivity index (χ1) is 14.5. The molecule has 0 spiro atoms. The number of rotatable bonds is 5. The third-order valence-corrected chi connectivity index (χ3v) is 4.89. The molecule has 0 radical (unpaired) electrons. The van der Waals surface area contributed by atoms with E-state index in [0.29, 0.717) is 17.8 Å². The Morgan fingerprint density at radius 1 is 1.17 bits per heavy atom. The van der Waals surface area contributed by atoms with Gasteiger partial charge in [-0.2, -0.15) is 0 Å². The first-order valence-electron chi connectivity index (χ1n) is 9.95. The van der Waals surface area contributed by atoms with E-state index in [4.69, 9.17) is 9.47 Å². The summed E-state index contributed by atoms with van der Waals surface area (Å²) in [6.45, 7) is 5.74. The molecule has 0 aliphatic carbocycles. The van der Waals surface area contributed by atoms with Gasteiger partial charge < -0.3 is 14.8 Å². The van der Waals surface area contributed by atoms with E-state index >= 15 is 0 Å². The molecule has 30 heavy (non-hydrogen) atoms. The summed E-state index contributed by atoms with van der Waals surface area (Å²) in [5.41, 5.74) is 3.43. The van der Waals surface area contributed by atoms with Crippen LogP contribution in [-0.4, -0.2) is 39.3 Å². The Balaban J connectivity index is 1.66. The maximum absolute atomic E-state index is 12.8. The number of hydrogen-bond acceptors (Lipinski definition) is 6. The highest BCUT2D eigenvalue weighted by molar-refractivity contribution is 5.94. The first kappa shape index (κ1) is 20.0. The fourth-order valence-electron chi connectivity index (χ4n) is 3.48. The predicted molar refractivity (Wildman–Crippen MR) is 112 cm³/mol. The van der Waals surface area contributed by atoms with Crippen LogP contribution in [0.2, 0.25) is 0 Å². The van der Waals surface area contributed by atoms with Crippen LogP contribution >= 0.6 is 0 Å². The third-order valence-electron chi connectivity index (χ3n) is 4.89. The van der Waals surface area contributed by atoms with E-state index in [1.165, 1.54) is 0 Å². The van der Waals surface area contributed by atoms with Crippen LogP contribution in [0.5, 0.6) is 5.75 Å². The van der Waals surface area contributed by atoms with E-state index < -0.39 is 6.29 Å². The molecule has 7 heteroatoms. The zero-order chi connectivity index (χ0) is 21.1. The zero-order valence-corrected chi connectivity index (χ0v) is 17.2. The summed E-state index contributed by atoms with van der Waals surface area (Å²) in [4.78, 5) is 25.4. The molecule has 1 amide bonds. The van der Waals surface area contributed by atoms with Crippen LogP contribution in [0.1, 0.15) is 35.6 Å². The molecule has 0 bridgehead atoms. The van der Waals surface area contributed by atoms with Gasteiger partial charge in [0, 0.05) is 47.9 Å². The van der Waals surface area contributed by atoms with Gasteiger partial charge in [0.2, 0.25) is 6.29 Å². The van der Waals surface area contributed by atoms with E-state index in [9.17, 15) is 4.79 Å². The summed E-state index contributed by atoms with van der Waals surface area (Å²) in [6, 6.07) is 8.89. The van der Waals surface area contributed by atoms with Crippen molar-refractivity contribution in [2.24, 2.45) is 0 Å². The number of hydrogen-bond donors (Lipinski definition) is 1. The highest BCUT2D eigenvalue weighted by Gasteiger charge is 2.34. The van der Waals surface area contributed by atoms with Gasteiger partial charge in [-0.25, -0.2) is 9.97 Å². The lowest BCUT2D eigenvalue weighted by molar-refractivity contribution is -0.131. The molecule has 0 fully saturated rings. The third kappa shape index (κ3) is 4.31. The van der Waals surface area contributed by atoms with Gasteiger partial charge in [0.05, 0.1) is 12.1 Å². The molecular weight excluding hydrogens is 380 g/mol. The number of carbonyl (C=O) groups excluding carboxylic acids is 1. The highest BCUT2D eigenvalue weighted by Crippen LogP contribution is 2.36. The number of aromatic nitrogens is 3. The number of nitrogens with zero attached hydrogens (tertiary/aromatic N) is 3. The maximum atomic E-state index is 12.8. The van der Waals surface area contributed by atoms with Crippen LogP contribution in [0.3, 0.4) is 0 Å². The van der Waals surface area contributed by atoms with Crippen LogP contribution in [-0.2, 0) is 11.2 Å². The molecule has 0 saturated heterocycles. The molecular formula is C23H24N4O3. The number of ether oxygens (including phenoxy) is 2. The lowest BCUT2D eigenvalue weighted by Crippen LogP contribution is -2.51. The lowest BCUT2D eigenvalue weighted by atomic mass is 9.93. The van der Waals surface area contributed by atoms with Crippen LogP contribution in [0, 0.1) is 6.92 Å². The molecule has 3 aromatic rings. The quantitative estimate of drug-likeness (QED) is 0.702. The average molecular weight is 404 g/mol. The summed E-state index contributed by atoms with van der Waals surface area (Å²) in [5, 5.41) is 3.07. The minimum atomic E-state index is -0.590. The number of fused-ring (bicyclic) bond motifs is 1. The Bertz CT molecular complexity index is 1020. The van der Waals surface area contributed by atoms with E-state index in [0.717, 1.165) is 22.4 Å². The number of aryl methyl sites for hydroxylation is 1. The molecule has 1 unspecified atom stereocenters. The van der Waals surface area contributed by atoms with Crippen LogP contribution in [0.25, 0.3) is 11.1 Å². The van der Waals surface area contributed by atoms with Crippen molar-refractivity contribution in [2.45, 2.75) is 45.6 Å². The molecule has 154 valence electrons. The van der Waals surface area contributed by atoms with Gasteiger partial charge in [-0.05, 0) is 44.5 Å². The fourth-order valence-corrected chi connectivity index (χ4v) is 3.48. The number of carbonyl (C=O) groups is 1. The monoisotopic (exact) mass is 404 g/mol. The van der Waals surface area contributed by atoms with Crippen molar-refractivity contribution < 1.29 is 14.3 Å². The average Bonchev–Trinajstić information content (AvgIpc) is 2.74. The van der Waals surface area contributed by atoms with E-state index in [1.54, 1.807) is 36.9 Å². The second-order valence-electron chi connectivity index (χ2n) is 7.49. The molecule has 2 atom stereocenters. The van der Waals surface area contributed by atoms with E-state index in [1.807, 2.05) is 39.0 Å². The molecule has 0 saturated carbocycles.